The van der Waals surface area contributed by atoms with E-state index in [-0.39, 0.29) is 5.82 Å². The number of carbonyl (C=O) groups is 1. The molecule has 0 bridgehead atoms. The van der Waals surface area contributed by atoms with Gasteiger partial charge in [0.05, 0.1) is 0 Å². The van der Waals surface area contributed by atoms with E-state index in [0.29, 0.717) is 31.7 Å². The fraction of sp³-hybridized carbons (Fsp3) is 0.562. The molecule has 1 unspecified atom stereocenters. The fourth-order valence-corrected chi connectivity index (χ4v) is 3.11. The van der Waals surface area contributed by atoms with Gasteiger partial charge in [-0.3, -0.25) is 9.69 Å². The van der Waals surface area contributed by atoms with Crippen molar-refractivity contribution >= 4 is 5.97 Å². The molecule has 1 aromatic rings. The van der Waals surface area contributed by atoms with Gasteiger partial charge in [0.15, 0.2) is 0 Å². The van der Waals surface area contributed by atoms with Crippen LogP contribution in [0.4, 0.5) is 4.39 Å². The molecule has 1 atom stereocenters. The lowest BCUT2D eigenvalue weighted by Crippen LogP contribution is -2.51. The van der Waals surface area contributed by atoms with Crippen LogP contribution in [0.2, 0.25) is 0 Å². The quantitative estimate of drug-likeness (QED) is 0.840. The van der Waals surface area contributed by atoms with Gasteiger partial charge in [0.2, 0.25) is 0 Å². The molecule has 0 spiro atoms. The average Bonchev–Trinajstić information content (AvgIpc) is 2.86. The summed E-state index contributed by atoms with van der Waals surface area (Å²) in [6.07, 6.45) is 3.12. The summed E-state index contributed by atoms with van der Waals surface area (Å²) in [6.45, 7) is 3.78. The number of halogens is 1. The molecule has 1 fully saturated rings. The summed E-state index contributed by atoms with van der Waals surface area (Å²) in [7, 11) is 0. The van der Waals surface area contributed by atoms with Crippen LogP contribution in [0, 0.1) is 5.82 Å². The Labute approximate surface area is 124 Å². The van der Waals surface area contributed by atoms with Gasteiger partial charge in [0.25, 0.3) is 0 Å². The summed E-state index contributed by atoms with van der Waals surface area (Å²) in [5.41, 5.74) is -0.735. The number of nitrogens with zero attached hydrogens (tertiary/aromatic N) is 1. The third-order valence-corrected chi connectivity index (χ3v) is 4.13. The smallest absolute Gasteiger partial charge is 0.324 e. The van der Waals surface area contributed by atoms with Crippen LogP contribution in [0.25, 0.3) is 0 Å². The van der Waals surface area contributed by atoms with Crippen LogP contribution in [-0.4, -0.2) is 41.2 Å². The average molecular weight is 295 g/mol. The molecule has 0 aliphatic carbocycles. The van der Waals surface area contributed by atoms with Crippen LogP contribution in [0.5, 0.6) is 5.75 Å². The molecular weight excluding hydrogens is 273 g/mol. The number of ether oxygens (including phenoxy) is 1. The predicted octanol–water partition coefficient (Wildman–Crippen LogP) is 2.92. The first kappa shape index (κ1) is 15.8. The number of carboxylic acid groups (broad SMARTS) is 1. The van der Waals surface area contributed by atoms with Gasteiger partial charge in [-0.05, 0) is 50.1 Å². The zero-order valence-electron chi connectivity index (χ0n) is 12.3. The number of benzene rings is 1. The molecule has 1 saturated heterocycles. The highest BCUT2D eigenvalue weighted by Gasteiger charge is 2.46. The van der Waals surface area contributed by atoms with Crippen molar-refractivity contribution in [3.8, 4) is 5.75 Å². The second kappa shape index (κ2) is 6.89. The minimum Gasteiger partial charge on any atom is -0.492 e. The van der Waals surface area contributed by atoms with E-state index in [9.17, 15) is 14.3 Å². The molecule has 0 aromatic heterocycles. The summed E-state index contributed by atoms with van der Waals surface area (Å²) in [4.78, 5) is 13.7. The van der Waals surface area contributed by atoms with E-state index in [1.807, 2.05) is 11.8 Å². The minimum atomic E-state index is -0.735. The largest absolute Gasteiger partial charge is 0.492 e. The van der Waals surface area contributed by atoms with Crippen molar-refractivity contribution in [3.63, 3.8) is 0 Å². The molecule has 0 amide bonds. The lowest BCUT2D eigenvalue weighted by molar-refractivity contribution is -0.150. The Balaban J connectivity index is 1.92. The SMILES string of the molecule is CCCC1(C(=O)O)CCCN1CCOc1ccc(F)cc1. The maximum atomic E-state index is 12.8. The number of likely N-dealkylation sites (tertiary alicyclic amines) is 1. The number of carboxylic acids is 1. The van der Waals surface area contributed by atoms with Gasteiger partial charge in [0.1, 0.15) is 23.7 Å². The Morgan fingerprint density at radius 2 is 2.14 bits per heavy atom. The Bertz CT molecular complexity index is 477. The maximum absolute atomic E-state index is 12.8. The van der Waals surface area contributed by atoms with Crippen molar-refractivity contribution < 1.29 is 19.0 Å². The van der Waals surface area contributed by atoms with E-state index in [2.05, 4.69) is 0 Å². The van der Waals surface area contributed by atoms with Crippen LogP contribution in [0.15, 0.2) is 24.3 Å². The van der Waals surface area contributed by atoms with Crippen LogP contribution < -0.4 is 4.74 Å². The molecule has 1 aliphatic rings. The molecule has 116 valence electrons. The standard InChI is InChI=1S/C16H22FNO3/c1-2-8-16(15(19)20)9-3-10-18(16)11-12-21-14-6-4-13(17)5-7-14/h4-7H,2-3,8-12H2,1H3,(H,19,20). The number of aliphatic carboxylic acids is 1. The minimum absolute atomic E-state index is 0.297. The third kappa shape index (κ3) is 3.53. The molecule has 1 N–H and O–H groups in total. The first-order chi connectivity index (χ1) is 10.1. The normalized spacial score (nSPS) is 22.4. The van der Waals surface area contributed by atoms with Crippen molar-refractivity contribution in [1.82, 2.24) is 4.90 Å². The maximum Gasteiger partial charge on any atom is 0.324 e. The van der Waals surface area contributed by atoms with Gasteiger partial charge in [-0.2, -0.15) is 0 Å². The van der Waals surface area contributed by atoms with Gasteiger partial charge < -0.3 is 9.84 Å². The molecule has 1 heterocycles. The summed E-state index contributed by atoms with van der Waals surface area (Å²) in [5.74, 6) is -0.426. The van der Waals surface area contributed by atoms with Crippen molar-refractivity contribution in [2.45, 2.75) is 38.1 Å². The Kier molecular flexibility index (Phi) is 5.17. The van der Waals surface area contributed by atoms with E-state index in [1.54, 1.807) is 12.1 Å². The van der Waals surface area contributed by atoms with Crippen molar-refractivity contribution in [1.29, 1.82) is 0 Å². The molecule has 0 saturated carbocycles. The van der Waals surface area contributed by atoms with E-state index in [1.165, 1.54) is 12.1 Å². The highest BCUT2D eigenvalue weighted by Crippen LogP contribution is 2.33. The highest BCUT2D eigenvalue weighted by molar-refractivity contribution is 5.79. The zero-order valence-corrected chi connectivity index (χ0v) is 12.3. The van der Waals surface area contributed by atoms with Crippen LogP contribution in [0.3, 0.4) is 0 Å². The van der Waals surface area contributed by atoms with Gasteiger partial charge in [0, 0.05) is 6.54 Å². The van der Waals surface area contributed by atoms with Gasteiger partial charge in [-0.25, -0.2) is 4.39 Å². The second-order valence-corrected chi connectivity index (χ2v) is 5.48. The number of hydrogen-bond donors (Lipinski definition) is 1. The Hall–Kier alpha value is -1.62. The summed E-state index contributed by atoms with van der Waals surface area (Å²) < 4.78 is 18.4. The third-order valence-electron chi connectivity index (χ3n) is 4.13. The number of rotatable bonds is 7. The lowest BCUT2D eigenvalue weighted by atomic mass is 9.91. The first-order valence-electron chi connectivity index (χ1n) is 7.45. The molecule has 21 heavy (non-hydrogen) atoms. The molecular formula is C16H22FNO3. The van der Waals surface area contributed by atoms with Crippen molar-refractivity contribution in [3.05, 3.63) is 30.1 Å². The number of hydrogen-bond acceptors (Lipinski definition) is 3. The summed E-state index contributed by atoms with van der Waals surface area (Å²) >= 11 is 0. The Morgan fingerprint density at radius 3 is 2.76 bits per heavy atom. The summed E-state index contributed by atoms with van der Waals surface area (Å²) in [5, 5.41) is 9.59. The summed E-state index contributed by atoms with van der Waals surface area (Å²) in [6, 6.07) is 5.86. The van der Waals surface area contributed by atoms with E-state index in [4.69, 9.17) is 4.74 Å². The van der Waals surface area contributed by atoms with Gasteiger partial charge in [-0.1, -0.05) is 13.3 Å². The second-order valence-electron chi connectivity index (χ2n) is 5.48. The molecule has 4 nitrogen and oxygen atoms in total. The molecule has 5 heteroatoms. The van der Waals surface area contributed by atoms with Gasteiger partial charge in [-0.15, -0.1) is 0 Å². The Morgan fingerprint density at radius 1 is 1.43 bits per heavy atom. The predicted molar refractivity (Wildman–Crippen MR) is 78.0 cm³/mol. The van der Waals surface area contributed by atoms with E-state index < -0.39 is 11.5 Å². The van der Waals surface area contributed by atoms with E-state index >= 15 is 0 Å². The lowest BCUT2D eigenvalue weighted by Gasteiger charge is -2.34. The molecule has 1 aromatic carbocycles. The molecule has 0 radical (unpaired) electrons. The van der Waals surface area contributed by atoms with Gasteiger partial charge >= 0.3 is 5.97 Å². The molecule has 1 aliphatic heterocycles. The topological polar surface area (TPSA) is 49.8 Å². The van der Waals surface area contributed by atoms with Crippen LogP contribution in [0.1, 0.15) is 32.6 Å². The van der Waals surface area contributed by atoms with Crippen LogP contribution >= 0.6 is 0 Å². The van der Waals surface area contributed by atoms with E-state index in [0.717, 1.165) is 19.4 Å². The van der Waals surface area contributed by atoms with Crippen LogP contribution in [-0.2, 0) is 4.79 Å². The highest BCUT2D eigenvalue weighted by atomic mass is 19.1. The first-order valence-corrected chi connectivity index (χ1v) is 7.45. The fourth-order valence-electron chi connectivity index (χ4n) is 3.11. The van der Waals surface area contributed by atoms with Crippen molar-refractivity contribution in [2.24, 2.45) is 0 Å². The van der Waals surface area contributed by atoms with Crippen molar-refractivity contribution in [2.75, 3.05) is 19.7 Å². The zero-order chi connectivity index (χ0) is 15.3. The monoisotopic (exact) mass is 295 g/mol. The molecule has 2 rings (SSSR count).